The fraction of sp³-hybridized carbons (Fsp3) is 0.273. The molecule has 5 nitrogen and oxygen atoms in total. The van der Waals surface area contributed by atoms with Gasteiger partial charge in [0.25, 0.3) is 0 Å². The molecule has 0 atom stereocenters. The largest absolute Gasteiger partial charge is 0.482 e. The van der Waals surface area contributed by atoms with Crippen LogP contribution >= 0.6 is 0 Å². The summed E-state index contributed by atoms with van der Waals surface area (Å²) >= 11 is 0. The maximum atomic E-state index is 12.7. The van der Waals surface area contributed by atoms with E-state index in [0.717, 1.165) is 16.7 Å². The van der Waals surface area contributed by atoms with E-state index in [0.29, 0.717) is 17.1 Å². The molecule has 140 valence electrons. The van der Waals surface area contributed by atoms with Crippen molar-refractivity contribution in [3.05, 3.63) is 64.4 Å². The van der Waals surface area contributed by atoms with Gasteiger partial charge in [-0.3, -0.25) is 4.79 Å². The lowest BCUT2D eigenvalue weighted by Crippen LogP contribution is -2.18. The quantitative estimate of drug-likeness (QED) is 0.585. The van der Waals surface area contributed by atoms with Crippen LogP contribution in [0.2, 0.25) is 0 Å². The van der Waals surface area contributed by atoms with Crippen molar-refractivity contribution in [1.29, 1.82) is 0 Å². The molecule has 0 aliphatic carbocycles. The topological polar surface area (TPSA) is 61.8 Å². The lowest BCUT2D eigenvalue weighted by atomic mass is 10.0. The molecule has 0 amide bonds. The van der Waals surface area contributed by atoms with Crippen LogP contribution in [0.5, 0.6) is 11.5 Å². The molecule has 0 saturated carbocycles. The van der Waals surface area contributed by atoms with Crippen LogP contribution < -0.4 is 9.47 Å². The van der Waals surface area contributed by atoms with Gasteiger partial charge in [-0.15, -0.1) is 0 Å². The highest BCUT2D eigenvalue weighted by atomic mass is 16.6. The summed E-state index contributed by atoms with van der Waals surface area (Å²) in [5.74, 6) is 0.559. The number of allylic oxidation sites excluding steroid dienone is 1. The van der Waals surface area contributed by atoms with Gasteiger partial charge < -0.3 is 14.2 Å². The molecule has 2 aromatic carbocycles. The van der Waals surface area contributed by atoms with Gasteiger partial charge in [-0.05, 0) is 51.0 Å². The van der Waals surface area contributed by atoms with E-state index in [1.807, 2.05) is 38.1 Å². The molecular formula is C22H22O5. The summed E-state index contributed by atoms with van der Waals surface area (Å²) in [5.41, 5.74) is 3.29. The summed E-state index contributed by atoms with van der Waals surface area (Å²) in [6, 6.07) is 11.2. The normalized spacial score (nSPS) is 14.3. The Hall–Kier alpha value is -3.08. The van der Waals surface area contributed by atoms with Gasteiger partial charge in [0.05, 0.1) is 11.7 Å². The molecule has 0 spiro atoms. The summed E-state index contributed by atoms with van der Waals surface area (Å²) in [6.07, 6.45) is 1.53. The molecule has 0 radical (unpaired) electrons. The first-order valence-corrected chi connectivity index (χ1v) is 8.81. The lowest BCUT2D eigenvalue weighted by molar-refractivity contribution is -0.149. The average Bonchev–Trinajstić information content (AvgIpc) is 2.91. The molecule has 1 aliphatic rings. The number of Topliss-reactive ketones (excluding diaryl/α,β-unsaturated/α-hetero) is 1. The summed E-state index contributed by atoms with van der Waals surface area (Å²) in [7, 11) is 0. The minimum Gasteiger partial charge on any atom is -0.482 e. The van der Waals surface area contributed by atoms with Gasteiger partial charge in [0, 0.05) is 6.07 Å². The third kappa shape index (κ3) is 4.37. The summed E-state index contributed by atoms with van der Waals surface area (Å²) in [5, 5.41) is 0. The standard InChI is InChI=1S/C22H22O5/c1-13(2)26-20(23)12-25-17-9-15(4)21-18(11-17)27-19(22(21)24)10-16-7-5-14(3)6-8-16/h5-11,13H,12H2,1-4H3/b19-10-. The predicted octanol–water partition coefficient (Wildman–Crippen LogP) is 4.25. The van der Waals surface area contributed by atoms with Crippen LogP contribution in [-0.2, 0) is 9.53 Å². The number of ketones is 1. The van der Waals surface area contributed by atoms with Crippen LogP contribution in [0.4, 0.5) is 0 Å². The zero-order valence-corrected chi connectivity index (χ0v) is 15.9. The molecule has 1 heterocycles. The van der Waals surface area contributed by atoms with Crippen molar-refractivity contribution in [2.24, 2.45) is 0 Å². The van der Waals surface area contributed by atoms with Crippen LogP contribution in [0.1, 0.15) is 40.9 Å². The number of ether oxygens (including phenoxy) is 3. The Morgan fingerprint density at radius 1 is 1.15 bits per heavy atom. The van der Waals surface area contributed by atoms with Gasteiger partial charge in [0.2, 0.25) is 5.78 Å². The third-order valence-corrected chi connectivity index (χ3v) is 4.04. The number of esters is 1. The minimum absolute atomic E-state index is 0.158. The number of fused-ring (bicyclic) bond motifs is 1. The van der Waals surface area contributed by atoms with Crippen LogP contribution in [0.3, 0.4) is 0 Å². The smallest absolute Gasteiger partial charge is 0.344 e. The van der Waals surface area contributed by atoms with E-state index in [4.69, 9.17) is 14.2 Å². The van der Waals surface area contributed by atoms with Gasteiger partial charge in [-0.25, -0.2) is 4.79 Å². The highest BCUT2D eigenvalue weighted by Gasteiger charge is 2.30. The minimum atomic E-state index is -0.444. The molecule has 0 saturated heterocycles. The highest BCUT2D eigenvalue weighted by molar-refractivity contribution is 6.15. The third-order valence-electron chi connectivity index (χ3n) is 4.04. The van der Waals surface area contributed by atoms with E-state index in [9.17, 15) is 9.59 Å². The number of hydrogen-bond acceptors (Lipinski definition) is 5. The fourth-order valence-electron chi connectivity index (χ4n) is 2.81. The Morgan fingerprint density at radius 2 is 1.85 bits per heavy atom. The van der Waals surface area contributed by atoms with Gasteiger partial charge in [0.15, 0.2) is 12.4 Å². The number of hydrogen-bond donors (Lipinski definition) is 0. The van der Waals surface area contributed by atoms with Crippen LogP contribution in [0.15, 0.2) is 42.2 Å². The number of carbonyl (C=O) groups is 2. The van der Waals surface area contributed by atoms with Crippen molar-refractivity contribution in [1.82, 2.24) is 0 Å². The maximum Gasteiger partial charge on any atom is 0.344 e. The molecule has 0 unspecified atom stereocenters. The zero-order chi connectivity index (χ0) is 19.6. The first-order chi connectivity index (χ1) is 12.8. The summed E-state index contributed by atoms with van der Waals surface area (Å²) in [6.45, 7) is 7.17. The van der Waals surface area contributed by atoms with E-state index in [1.165, 1.54) is 0 Å². The second-order valence-electron chi connectivity index (χ2n) is 6.79. The van der Waals surface area contributed by atoms with Crippen LogP contribution in [-0.4, -0.2) is 24.5 Å². The van der Waals surface area contributed by atoms with E-state index in [1.54, 1.807) is 32.1 Å². The SMILES string of the molecule is Cc1ccc(/C=C2\Oc3cc(OCC(=O)OC(C)C)cc(C)c3C2=O)cc1. The van der Waals surface area contributed by atoms with Crippen LogP contribution in [0.25, 0.3) is 6.08 Å². The fourth-order valence-corrected chi connectivity index (χ4v) is 2.81. The van der Waals surface area contributed by atoms with Crippen molar-refractivity contribution in [3.63, 3.8) is 0 Å². The second kappa shape index (κ2) is 7.66. The van der Waals surface area contributed by atoms with Gasteiger partial charge in [-0.1, -0.05) is 29.8 Å². The number of rotatable bonds is 5. The molecule has 5 heteroatoms. The van der Waals surface area contributed by atoms with Crippen LogP contribution in [0, 0.1) is 13.8 Å². The van der Waals surface area contributed by atoms with E-state index < -0.39 is 5.97 Å². The van der Waals surface area contributed by atoms with Gasteiger partial charge in [0.1, 0.15) is 11.5 Å². The Labute approximate surface area is 158 Å². The first kappa shape index (κ1) is 18.7. The molecule has 0 N–H and O–H groups in total. The highest BCUT2D eigenvalue weighted by Crippen LogP contribution is 2.37. The molecule has 27 heavy (non-hydrogen) atoms. The van der Waals surface area contributed by atoms with Crippen molar-refractivity contribution >= 4 is 17.8 Å². The van der Waals surface area contributed by atoms with E-state index >= 15 is 0 Å². The van der Waals surface area contributed by atoms with Gasteiger partial charge in [-0.2, -0.15) is 0 Å². The number of benzene rings is 2. The molecule has 0 aromatic heterocycles. The average molecular weight is 366 g/mol. The Bertz CT molecular complexity index is 907. The molecule has 0 bridgehead atoms. The van der Waals surface area contributed by atoms with Crippen molar-refractivity contribution in [2.45, 2.75) is 33.8 Å². The maximum absolute atomic E-state index is 12.7. The second-order valence-corrected chi connectivity index (χ2v) is 6.79. The van der Waals surface area contributed by atoms with Crippen molar-refractivity contribution in [3.8, 4) is 11.5 Å². The Morgan fingerprint density at radius 3 is 2.52 bits per heavy atom. The zero-order valence-electron chi connectivity index (χ0n) is 15.9. The van der Waals surface area contributed by atoms with Crippen molar-refractivity contribution in [2.75, 3.05) is 6.61 Å². The summed E-state index contributed by atoms with van der Waals surface area (Å²) < 4.78 is 16.3. The molecule has 0 fully saturated rings. The number of aryl methyl sites for hydroxylation is 2. The first-order valence-electron chi connectivity index (χ1n) is 8.81. The number of carbonyl (C=O) groups excluding carboxylic acids is 2. The Balaban J connectivity index is 1.78. The summed E-state index contributed by atoms with van der Waals surface area (Å²) in [4.78, 5) is 24.3. The molecule has 2 aromatic rings. The van der Waals surface area contributed by atoms with Crippen molar-refractivity contribution < 1.29 is 23.8 Å². The predicted molar refractivity (Wildman–Crippen MR) is 102 cm³/mol. The lowest BCUT2D eigenvalue weighted by Gasteiger charge is -2.10. The van der Waals surface area contributed by atoms with E-state index in [2.05, 4.69) is 0 Å². The monoisotopic (exact) mass is 366 g/mol. The molecule has 3 rings (SSSR count). The molecular weight excluding hydrogens is 344 g/mol. The van der Waals surface area contributed by atoms with E-state index in [-0.39, 0.29) is 24.3 Å². The van der Waals surface area contributed by atoms with Gasteiger partial charge >= 0.3 is 5.97 Å². The Kier molecular flexibility index (Phi) is 5.31. The molecule has 1 aliphatic heterocycles.